The smallest absolute Gasteiger partial charge is 0.348 e. The lowest BCUT2D eigenvalue weighted by Gasteiger charge is -2.06. The minimum absolute atomic E-state index is 0.106. The summed E-state index contributed by atoms with van der Waals surface area (Å²) in [5.41, 5.74) is 0.249. The van der Waals surface area contributed by atoms with Gasteiger partial charge in [0.05, 0.1) is 10.8 Å². The second-order valence-electron chi connectivity index (χ2n) is 5.60. The highest BCUT2D eigenvalue weighted by molar-refractivity contribution is 7.20. The molecule has 136 valence electrons. The molecule has 1 unspecified atom stereocenters. The first-order valence-corrected chi connectivity index (χ1v) is 9.25. The number of rotatable bonds is 6. The number of benzene rings is 1. The number of hydrogen-bond acceptors (Lipinski definition) is 6. The van der Waals surface area contributed by atoms with Crippen LogP contribution in [0.4, 0.5) is 0 Å². The van der Waals surface area contributed by atoms with Crippen LogP contribution in [0.3, 0.4) is 0 Å². The van der Waals surface area contributed by atoms with Crippen molar-refractivity contribution in [3.05, 3.63) is 57.0 Å². The van der Waals surface area contributed by atoms with E-state index in [1.807, 2.05) is 30.3 Å². The Bertz CT molecular complexity index is 982. The van der Waals surface area contributed by atoms with Gasteiger partial charge in [-0.25, -0.2) is 9.78 Å². The molecule has 3 rings (SSSR count). The number of halogens is 1. The van der Waals surface area contributed by atoms with E-state index in [4.69, 9.17) is 21.1 Å². The van der Waals surface area contributed by atoms with Gasteiger partial charge in [0.2, 0.25) is 0 Å². The first kappa shape index (κ1) is 18.4. The van der Waals surface area contributed by atoms with Crippen LogP contribution in [0.2, 0.25) is 0 Å². The number of fused-ring (bicyclic) bond motifs is 1. The predicted molar refractivity (Wildman–Crippen MR) is 101 cm³/mol. The summed E-state index contributed by atoms with van der Waals surface area (Å²) in [5, 5.41) is -0.0383. The Kier molecular flexibility index (Phi) is 5.58. The lowest BCUT2D eigenvalue weighted by Crippen LogP contribution is -2.13. The summed E-state index contributed by atoms with van der Waals surface area (Å²) >= 11 is 7.11. The Morgan fingerprint density at radius 1 is 1.31 bits per heavy atom. The molecule has 8 heteroatoms. The third kappa shape index (κ3) is 3.89. The van der Waals surface area contributed by atoms with Gasteiger partial charge in [0.25, 0.3) is 5.56 Å². The van der Waals surface area contributed by atoms with Crippen molar-refractivity contribution in [3.63, 3.8) is 0 Å². The topological polar surface area (TPSA) is 81.3 Å². The van der Waals surface area contributed by atoms with Gasteiger partial charge < -0.3 is 14.5 Å². The zero-order chi connectivity index (χ0) is 18.7. The molecule has 26 heavy (non-hydrogen) atoms. The fraction of sp³-hybridized carbons (Fsp3) is 0.278. The summed E-state index contributed by atoms with van der Waals surface area (Å²) in [6.07, 6.45) is 0. The van der Waals surface area contributed by atoms with E-state index >= 15 is 0 Å². The second-order valence-corrected chi connectivity index (χ2v) is 7.25. The molecule has 6 nitrogen and oxygen atoms in total. The molecular formula is C18H17ClN2O4S. The number of aryl methyl sites for hydroxylation is 1. The normalized spacial score (nSPS) is 12.1. The number of aromatic nitrogens is 2. The number of nitrogens with one attached hydrogen (secondary N) is 1. The van der Waals surface area contributed by atoms with Crippen LogP contribution in [-0.2, 0) is 4.74 Å². The largest absolute Gasteiger partial charge is 0.490 e. The number of para-hydroxylation sites is 1. The van der Waals surface area contributed by atoms with Gasteiger partial charge in [0, 0.05) is 0 Å². The summed E-state index contributed by atoms with van der Waals surface area (Å²) in [6, 6.07) is 9.27. The van der Waals surface area contributed by atoms with Crippen LogP contribution in [0, 0.1) is 6.92 Å². The molecule has 0 spiro atoms. The highest BCUT2D eigenvalue weighted by Gasteiger charge is 2.21. The van der Waals surface area contributed by atoms with E-state index in [2.05, 4.69) is 9.97 Å². The molecule has 1 N–H and O–H groups in total. The van der Waals surface area contributed by atoms with Gasteiger partial charge in [0.15, 0.2) is 0 Å². The molecule has 0 aliphatic rings. The number of hydrogen-bond donors (Lipinski definition) is 1. The maximum atomic E-state index is 12.3. The highest BCUT2D eigenvalue weighted by Crippen LogP contribution is 2.28. The molecule has 0 bridgehead atoms. The second kappa shape index (κ2) is 7.88. The zero-order valence-electron chi connectivity index (χ0n) is 14.2. The van der Waals surface area contributed by atoms with Gasteiger partial charge in [-0.05, 0) is 31.5 Å². The van der Waals surface area contributed by atoms with Crippen LogP contribution < -0.4 is 10.3 Å². The van der Waals surface area contributed by atoms with E-state index in [1.165, 1.54) is 0 Å². The monoisotopic (exact) mass is 392 g/mol. The molecule has 0 saturated heterocycles. The zero-order valence-corrected chi connectivity index (χ0v) is 15.8. The predicted octanol–water partition coefficient (Wildman–Crippen LogP) is 3.83. The Morgan fingerprint density at radius 3 is 2.73 bits per heavy atom. The van der Waals surface area contributed by atoms with E-state index in [0.717, 1.165) is 11.3 Å². The van der Waals surface area contributed by atoms with Crippen molar-refractivity contribution in [1.29, 1.82) is 0 Å². The fourth-order valence-corrected chi connectivity index (χ4v) is 3.61. The van der Waals surface area contributed by atoms with Crippen molar-refractivity contribution in [2.45, 2.75) is 19.2 Å². The summed E-state index contributed by atoms with van der Waals surface area (Å²) in [4.78, 5) is 32.4. The van der Waals surface area contributed by atoms with Crippen molar-refractivity contribution >= 4 is 39.1 Å². The van der Waals surface area contributed by atoms with Crippen LogP contribution in [0.15, 0.2) is 35.1 Å². The number of H-pyrrole nitrogens is 1. The Hall–Kier alpha value is -2.38. The Morgan fingerprint density at radius 2 is 2.04 bits per heavy atom. The van der Waals surface area contributed by atoms with Crippen molar-refractivity contribution in [2.24, 2.45) is 0 Å². The van der Waals surface area contributed by atoms with Crippen LogP contribution >= 0.6 is 22.9 Å². The molecule has 2 heterocycles. The summed E-state index contributed by atoms with van der Waals surface area (Å²) in [6.45, 7) is 3.77. The molecule has 0 amide bonds. The Balaban J connectivity index is 1.71. The minimum Gasteiger partial charge on any atom is -0.490 e. The van der Waals surface area contributed by atoms with Crippen molar-refractivity contribution in [3.8, 4) is 5.75 Å². The average molecular weight is 393 g/mol. The number of esters is 1. The molecular weight excluding hydrogens is 376 g/mol. The van der Waals surface area contributed by atoms with Crippen LogP contribution in [0.25, 0.3) is 10.2 Å². The van der Waals surface area contributed by atoms with Gasteiger partial charge in [-0.15, -0.1) is 22.9 Å². The molecule has 0 fully saturated rings. The van der Waals surface area contributed by atoms with Crippen LogP contribution in [0.5, 0.6) is 5.75 Å². The number of aromatic amines is 1. The van der Waals surface area contributed by atoms with E-state index in [1.54, 1.807) is 13.8 Å². The standard InChI is InChI=1S/C18H17ClN2O4S/c1-10-13-16(22)20-15(11(2)19)21-17(13)26-14(10)18(23)25-9-8-24-12-6-4-3-5-7-12/h3-7,11H,8-9H2,1-2H3,(H,20,21,22). The van der Waals surface area contributed by atoms with Gasteiger partial charge in [-0.2, -0.15) is 0 Å². The van der Waals surface area contributed by atoms with Crippen molar-refractivity contribution in [1.82, 2.24) is 9.97 Å². The van der Waals surface area contributed by atoms with E-state index in [9.17, 15) is 9.59 Å². The molecule has 1 atom stereocenters. The van der Waals surface area contributed by atoms with Crippen LogP contribution in [0.1, 0.15) is 33.4 Å². The molecule has 1 aromatic carbocycles. The summed E-state index contributed by atoms with van der Waals surface area (Å²) in [5.74, 6) is 0.587. The van der Waals surface area contributed by atoms with Crippen molar-refractivity contribution in [2.75, 3.05) is 13.2 Å². The third-order valence-corrected chi connectivity index (χ3v) is 5.08. The number of thiophene rings is 1. The maximum absolute atomic E-state index is 12.3. The maximum Gasteiger partial charge on any atom is 0.348 e. The van der Waals surface area contributed by atoms with E-state index < -0.39 is 11.3 Å². The third-order valence-electron chi connectivity index (χ3n) is 3.71. The summed E-state index contributed by atoms with van der Waals surface area (Å²) < 4.78 is 10.7. The first-order valence-electron chi connectivity index (χ1n) is 7.99. The minimum atomic E-state index is -0.498. The summed E-state index contributed by atoms with van der Waals surface area (Å²) in [7, 11) is 0. The number of nitrogens with zero attached hydrogens (tertiary/aromatic N) is 1. The molecule has 0 radical (unpaired) electrons. The SMILES string of the molecule is Cc1c(C(=O)OCCOc2ccccc2)sc2nc(C(C)Cl)[nH]c(=O)c12. The van der Waals surface area contributed by atoms with Gasteiger partial charge in [0.1, 0.15) is 34.5 Å². The number of ether oxygens (including phenoxy) is 2. The van der Waals surface area contributed by atoms with Crippen LogP contribution in [-0.4, -0.2) is 29.2 Å². The number of carbonyl (C=O) groups excluding carboxylic acids is 1. The van der Waals surface area contributed by atoms with Crippen molar-refractivity contribution < 1.29 is 14.3 Å². The lowest BCUT2D eigenvalue weighted by atomic mass is 10.2. The fourth-order valence-electron chi connectivity index (χ4n) is 2.42. The number of alkyl halides is 1. The molecule has 3 aromatic rings. The number of carbonyl (C=O) groups is 1. The van der Waals surface area contributed by atoms with Gasteiger partial charge in [-0.3, -0.25) is 4.79 Å². The molecule has 0 aliphatic carbocycles. The van der Waals surface area contributed by atoms with Gasteiger partial charge in [-0.1, -0.05) is 18.2 Å². The lowest BCUT2D eigenvalue weighted by molar-refractivity contribution is 0.0455. The quantitative estimate of drug-likeness (QED) is 0.391. The van der Waals surface area contributed by atoms with Gasteiger partial charge >= 0.3 is 5.97 Å². The molecule has 2 aromatic heterocycles. The Labute approximate surface area is 158 Å². The molecule has 0 aliphatic heterocycles. The van der Waals surface area contributed by atoms with E-state index in [0.29, 0.717) is 32.2 Å². The molecule has 0 saturated carbocycles. The van der Waals surface area contributed by atoms with E-state index in [-0.39, 0.29) is 18.8 Å². The first-order chi connectivity index (χ1) is 12.5. The highest BCUT2D eigenvalue weighted by atomic mass is 35.5. The average Bonchev–Trinajstić information content (AvgIpc) is 2.96.